The highest BCUT2D eigenvalue weighted by Gasteiger charge is 2.41. The van der Waals surface area contributed by atoms with Crippen molar-refractivity contribution in [1.82, 2.24) is 0 Å². The second kappa shape index (κ2) is 12.7. The molecule has 47 heavy (non-hydrogen) atoms. The third-order valence-corrected chi connectivity index (χ3v) is 7.13. The Labute approximate surface area is 260 Å². The molecule has 0 aliphatic rings. The van der Waals surface area contributed by atoms with Crippen molar-refractivity contribution >= 4 is 0 Å². The van der Waals surface area contributed by atoms with E-state index in [-0.39, 0.29) is 29.2 Å². The summed E-state index contributed by atoms with van der Waals surface area (Å²) >= 11 is 0. The molecule has 0 spiro atoms. The molecule has 1 nitrogen and oxygen atoms in total. The van der Waals surface area contributed by atoms with E-state index in [0.717, 1.165) is 18.2 Å². The fourth-order valence-corrected chi connectivity index (χ4v) is 5.09. The Bertz CT molecular complexity index is 1930. The average Bonchev–Trinajstić information content (AvgIpc) is 2.94. The van der Waals surface area contributed by atoms with Crippen molar-refractivity contribution in [2.45, 2.75) is 26.4 Å². The van der Waals surface area contributed by atoms with Gasteiger partial charge in [-0.1, -0.05) is 26.0 Å². The van der Waals surface area contributed by atoms with Crippen LogP contribution in [0.5, 0.6) is 5.75 Å². The second-order valence-corrected chi connectivity index (χ2v) is 11.1. The van der Waals surface area contributed by atoms with Crippen molar-refractivity contribution in [2.75, 3.05) is 0 Å². The first-order chi connectivity index (χ1) is 22.0. The molecule has 0 aliphatic carbocycles. The Kier molecular flexibility index (Phi) is 9.07. The lowest BCUT2D eigenvalue weighted by Crippen LogP contribution is -2.25. The standard InChI is InChI=1S/C35H21F11O/c1-16(2)7-17-3-5-22(24(36)8-17)18-9-26(38)32(27(39)10-18)20-13-28(40)33(29(41)14-20)35(45,46)47-21-4-6-23(25(37)15-21)19-11-30(42)34(44)31(43)12-19/h3-6,8-16H,7H2,1-2H3. The molecule has 5 aromatic carbocycles. The lowest BCUT2D eigenvalue weighted by molar-refractivity contribution is -0.189. The minimum Gasteiger partial charge on any atom is -0.429 e. The third-order valence-electron chi connectivity index (χ3n) is 7.13. The first-order valence-electron chi connectivity index (χ1n) is 13.8. The van der Waals surface area contributed by atoms with Gasteiger partial charge >= 0.3 is 6.11 Å². The average molecular weight is 667 g/mol. The van der Waals surface area contributed by atoms with Crippen molar-refractivity contribution in [3.63, 3.8) is 0 Å². The van der Waals surface area contributed by atoms with E-state index in [1.807, 2.05) is 13.8 Å². The number of ether oxygens (including phenoxy) is 1. The van der Waals surface area contributed by atoms with Gasteiger partial charge in [0.1, 0.15) is 46.2 Å². The van der Waals surface area contributed by atoms with E-state index < -0.39 is 92.0 Å². The molecule has 0 saturated carbocycles. The molecule has 5 rings (SSSR count). The number of rotatable bonds is 8. The van der Waals surface area contributed by atoms with Crippen LogP contribution in [0.15, 0.2) is 72.8 Å². The molecule has 12 heteroatoms. The highest BCUT2D eigenvalue weighted by Crippen LogP contribution is 2.40. The minimum atomic E-state index is -4.81. The zero-order chi connectivity index (χ0) is 34.4. The largest absolute Gasteiger partial charge is 0.432 e. The Morgan fingerprint density at radius 2 is 1.00 bits per heavy atom. The van der Waals surface area contributed by atoms with Gasteiger partial charge in [-0.2, -0.15) is 8.78 Å². The predicted octanol–water partition coefficient (Wildman–Crippen LogP) is 11.3. The molecule has 0 atom stereocenters. The van der Waals surface area contributed by atoms with Crippen LogP contribution in [0.2, 0.25) is 0 Å². The van der Waals surface area contributed by atoms with Crippen molar-refractivity contribution < 1.29 is 53.0 Å². The summed E-state index contributed by atoms with van der Waals surface area (Å²) in [5.74, 6) is -14.7. The number of hydrogen-bond acceptors (Lipinski definition) is 1. The van der Waals surface area contributed by atoms with Crippen LogP contribution in [-0.2, 0) is 12.5 Å². The predicted molar refractivity (Wildman–Crippen MR) is 152 cm³/mol. The zero-order valence-corrected chi connectivity index (χ0v) is 24.3. The van der Waals surface area contributed by atoms with Gasteiger partial charge in [0.2, 0.25) is 0 Å². The van der Waals surface area contributed by atoms with Gasteiger partial charge < -0.3 is 4.74 Å². The Hall–Kier alpha value is -4.87. The smallest absolute Gasteiger partial charge is 0.429 e. The molecule has 0 bridgehead atoms. The molecule has 0 saturated heterocycles. The maximum absolute atomic E-state index is 15.1. The summed E-state index contributed by atoms with van der Waals surface area (Å²) < 4.78 is 164. The monoisotopic (exact) mass is 666 g/mol. The van der Waals surface area contributed by atoms with E-state index in [0.29, 0.717) is 36.2 Å². The van der Waals surface area contributed by atoms with Crippen LogP contribution in [0.3, 0.4) is 0 Å². The molecule has 0 radical (unpaired) electrons. The zero-order valence-electron chi connectivity index (χ0n) is 24.3. The molecular weight excluding hydrogens is 645 g/mol. The second-order valence-electron chi connectivity index (χ2n) is 11.1. The van der Waals surface area contributed by atoms with Crippen LogP contribution < -0.4 is 4.74 Å². The van der Waals surface area contributed by atoms with E-state index in [2.05, 4.69) is 4.74 Å². The van der Waals surface area contributed by atoms with E-state index in [1.165, 1.54) is 12.1 Å². The molecule has 0 fully saturated rings. The molecule has 0 heterocycles. The van der Waals surface area contributed by atoms with Crippen LogP contribution >= 0.6 is 0 Å². The fourth-order valence-electron chi connectivity index (χ4n) is 5.09. The highest BCUT2D eigenvalue weighted by atomic mass is 19.3. The van der Waals surface area contributed by atoms with Crippen molar-refractivity contribution in [2.24, 2.45) is 5.92 Å². The SMILES string of the molecule is CC(C)Cc1ccc(-c2cc(F)c(-c3cc(F)c(C(F)(F)Oc4ccc(-c5cc(F)c(F)c(F)c5)c(F)c4)c(F)c3)c(F)c2)c(F)c1. The summed E-state index contributed by atoms with van der Waals surface area (Å²) in [7, 11) is 0. The highest BCUT2D eigenvalue weighted by molar-refractivity contribution is 5.73. The van der Waals surface area contributed by atoms with Gasteiger partial charge in [-0.05, 0) is 89.2 Å². The Morgan fingerprint density at radius 3 is 1.49 bits per heavy atom. The molecule has 0 aromatic heterocycles. The number of benzene rings is 5. The number of alkyl halides is 2. The summed E-state index contributed by atoms with van der Waals surface area (Å²) in [5, 5.41) is 0. The summed E-state index contributed by atoms with van der Waals surface area (Å²) in [6.45, 7) is 3.85. The lowest BCUT2D eigenvalue weighted by Gasteiger charge is -2.20. The third kappa shape index (κ3) is 6.81. The van der Waals surface area contributed by atoms with E-state index in [1.54, 1.807) is 6.07 Å². The number of hydrogen-bond donors (Lipinski definition) is 0. The molecule has 0 unspecified atom stereocenters. The van der Waals surface area contributed by atoms with E-state index >= 15 is 8.78 Å². The van der Waals surface area contributed by atoms with Gasteiger partial charge in [0.05, 0.1) is 5.56 Å². The van der Waals surface area contributed by atoms with E-state index in [9.17, 15) is 39.5 Å². The number of halogens is 11. The summed E-state index contributed by atoms with van der Waals surface area (Å²) in [4.78, 5) is 0. The van der Waals surface area contributed by atoms with Crippen LogP contribution in [0, 0.1) is 58.3 Å². The molecular formula is C35H21F11O. The van der Waals surface area contributed by atoms with Crippen molar-refractivity contribution in [3.05, 3.63) is 136 Å². The first kappa shape index (κ1) is 33.5. The molecule has 0 aliphatic heterocycles. The minimum absolute atomic E-state index is 0.146. The molecule has 0 N–H and O–H groups in total. The van der Waals surface area contributed by atoms with Crippen LogP contribution in [0.4, 0.5) is 48.3 Å². The van der Waals surface area contributed by atoms with Crippen molar-refractivity contribution in [3.8, 4) is 39.1 Å². The van der Waals surface area contributed by atoms with Gasteiger partial charge in [0.25, 0.3) is 0 Å². The molecule has 0 amide bonds. The van der Waals surface area contributed by atoms with Gasteiger partial charge in [-0.25, -0.2) is 39.5 Å². The Morgan fingerprint density at radius 1 is 0.532 bits per heavy atom. The topological polar surface area (TPSA) is 9.23 Å². The summed E-state index contributed by atoms with van der Waals surface area (Å²) in [6.07, 6.45) is -4.25. The lowest BCUT2D eigenvalue weighted by atomic mass is 9.95. The Balaban J connectivity index is 1.43. The summed E-state index contributed by atoms with van der Waals surface area (Å²) in [6, 6.07) is 8.78. The molecule has 5 aromatic rings. The van der Waals surface area contributed by atoms with Gasteiger partial charge in [0, 0.05) is 17.2 Å². The van der Waals surface area contributed by atoms with Gasteiger partial charge in [0.15, 0.2) is 17.5 Å². The normalized spacial score (nSPS) is 11.8. The molecule has 244 valence electrons. The van der Waals surface area contributed by atoms with Gasteiger partial charge in [-0.15, -0.1) is 0 Å². The van der Waals surface area contributed by atoms with Crippen molar-refractivity contribution in [1.29, 1.82) is 0 Å². The maximum Gasteiger partial charge on any atom is 0.432 e. The van der Waals surface area contributed by atoms with E-state index in [4.69, 9.17) is 0 Å². The first-order valence-corrected chi connectivity index (χ1v) is 13.8. The fraction of sp³-hybridized carbons (Fsp3) is 0.143. The van der Waals surface area contributed by atoms with Gasteiger partial charge in [-0.3, -0.25) is 0 Å². The van der Waals surface area contributed by atoms with Crippen LogP contribution in [-0.4, -0.2) is 0 Å². The summed E-state index contributed by atoms with van der Waals surface area (Å²) in [5.41, 5.74) is -4.49. The van der Waals surface area contributed by atoms with Crippen LogP contribution in [0.25, 0.3) is 33.4 Å². The quantitative estimate of drug-likeness (QED) is 0.118. The van der Waals surface area contributed by atoms with Crippen LogP contribution in [0.1, 0.15) is 25.0 Å². The maximum atomic E-state index is 15.1.